The van der Waals surface area contributed by atoms with Gasteiger partial charge in [0.2, 0.25) is 0 Å². The molecule has 0 aromatic heterocycles. The number of ether oxygens (including phenoxy) is 1. The monoisotopic (exact) mass is 199 g/mol. The van der Waals surface area contributed by atoms with Crippen molar-refractivity contribution in [3.8, 4) is 0 Å². The van der Waals surface area contributed by atoms with E-state index in [1.165, 1.54) is 0 Å². The Morgan fingerprint density at radius 1 is 1.57 bits per heavy atom. The topological polar surface area (TPSA) is 29.5 Å². The second-order valence-electron chi connectivity index (χ2n) is 4.71. The van der Waals surface area contributed by atoms with E-state index in [0.29, 0.717) is 6.04 Å². The van der Waals surface area contributed by atoms with Crippen LogP contribution in [0, 0.1) is 5.41 Å². The molecule has 0 aliphatic carbocycles. The van der Waals surface area contributed by atoms with Crippen LogP contribution in [0.5, 0.6) is 0 Å². The fourth-order valence-corrected chi connectivity index (χ4v) is 1.83. The van der Waals surface area contributed by atoms with Gasteiger partial charge in [-0.1, -0.05) is 20.8 Å². The molecule has 0 aromatic rings. The van der Waals surface area contributed by atoms with Crippen LogP contribution in [0.25, 0.3) is 0 Å². The normalized spacial score (nSPS) is 24.9. The SMILES string of the molecule is CCC1COCCN1CC(C)(C)C=O. The van der Waals surface area contributed by atoms with Gasteiger partial charge < -0.3 is 9.53 Å². The maximum Gasteiger partial charge on any atom is 0.126 e. The molecule has 14 heavy (non-hydrogen) atoms. The average molecular weight is 199 g/mol. The van der Waals surface area contributed by atoms with Crippen LogP contribution in [0.2, 0.25) is 0 Å². The van der Waals surface area contributed by atoms with Gasteiger partial charge in [-0.05, 0) is 6.42 Å². The minimum atomic E-state index is -0.231. The molecule has 82 valence electrons. The third kappa shape index (κ3) is 3.07. The first-order valence-corrected chi connectivity index (χ1v) is 5.37. The summed E-state index contributed by atoms with van der Waals surface area (Å²) >= 11 is 0. The zero-order chi connectivity index (χ0) is 10.6. The molecular formula is C11H21NO2. The van der Waals surface area contributed by atoms with Gasteiger partial charge in [-0.2, -0.15) is 0 Å². The van der Waals surface area contributed by atoms with E-state index in [0.717, 1.165) is 39.0 Å². The predicted molar refractivity (Wildman–Crippen MR) is 56.3 cm³/mol. The van der Waals surface area contributed by atoms with Gasteiger partial charge in [0.1, 0.15) is 6.29 Å². The number of morpholine rings is 1. The molecule has 0 N–H and O–H groups in total. The Morgan fingerprint density at radius 2 is 2.29 bits per heavy atom. The van der Waals surface area contributed by atoms with E-state index in [1.807, 2.05) is 13.8 Å². The van der Waals surface area contributed by atoms with Crippen LogP contribution >= 0.6 is 0 Å². The van der Waals surface area contributed by atoms with Crippen molar-refractivity contribution in [1.82, 2.24) is 4.90 Å². The minimum Gasteiger partial charge on any atom is -0.378 e. The summed E-state index contributed by atoms with van der Waals surface area (Å²) in [5.74, 6) is 0. The Hall–Kier alpha value is -0.410. The lowest BCUT2D eigenvalue weighted by atomic mass is 9.94. The van der Waals surface area contributed by atoms with Gasteiger partial charge in [0.15, 0.2) is 0 Å². The van der Waals surface area contributed by atoms with Crippen LogP contribution in [0.3, 0.4) is 0 Å². The quantitative estimate of drug-likeness (QED) is 0.640. The summed E-state index contributed by atoms with van der Waals surface area (Å²) in [6.45, 7) is 9.55. The molecule has 1 unspecified atom stereocenters. The molecule has 0 aromatic carbocycles. The summed E-state index contributed by atoms with van der Waals surface area (Å²) in [5.41, 5.74) is -0.231. The van der Waals surface area contributed by atoms with Crippen LogP contribution in [0.15, 0.2) is 0 Å². The summed E-state index contributed by atoms with van der Waals surface area (Å²) in [6.07, 6.45) is 2.14. The van der Waals surface area contributed by atoms with Crippen molar-refractivity contribution in [2.75, 3.05) is 26.3 Å². The molecule has 3 heteroatoms. The lowest BCUT2D eigenvalue weighted by Gasteiger charge is -2.38. The molecule has 0 radical (unpaired) electrons. The van der Waals surface area contributed by atoms with Crippen molar-refractivity contribution >= 4 is 6.29 Å². The number of carbonyl (C=O) groups is 1. The van der Waals surface area contributed by atoms with Crippen LogP contribution < -0.4 is 0 Å². The summed E-state index contributed by atoms with van der Waals surface area (Å²) < 4.78 is 5.42. The molecule has 0 saturated carbocycles. The van der Waals surface area contributed by atoms with E-state index in [2.05, 4.69) is 11.8 Å². The molecule has 1 fully saturated rings. The van der Waals surface area contributed by atoms with Crippen molar-refractivity contribution in [2.45, 2.75) is 33.2 Å². The van der Waals surface area contributed by atoms with E-state index in [4.69, 9.17) is 4.74 Å². The molecule has 0 bridgehead atoms. The van der Waals surface area contributed by atoms with Crippen molar-refractivity contribution in [3.63, 3.8) is 0 Å². The van der Waals surface area contributed by atoms with Crippen molar-refractivity contribution in [3.05, 3.63) is 0 Å². The molecule has 1 rings (SSSR count). The fraction of sp³-hybridized carbons (Fsp3) is 0.909. The highest BCUT2D eigenvalue weighted by Crippen LogP contribution is 2.18. The standard InChI is InChI=1S/C11H21NO2/c1-4-10-7-14-6-5-12(10)8-11(2,3)9-13/h9-10H,4-8H2,1-3H3. The number of rotatable bonds is 4. The molecule has 1 aliphatic heterocycles. The minimum absolute atomic E-state index is 0.231. The highest BCUT2D eigenvalue weighted by molar-refractivity contribution is 5.58. The first-order chi connectivity index (χ1) is 6.59. The molecule has 1 heterocycles. The van der Waals surface area contributed by atoms with Crippen LogP contribution in [-0.2, 0) is 9.53 Å². The van der Waals surface area contributed by atoms with E-state index in [9.17, 15) is 4.79 Å². The van der Waals surface area contributed by atoms with Gasteiger partial charge >= 0.3 is 0 Å². The number of aldehydes is 1. The van der Waals surface area contributed by atoms with Crippen molar-refractivity contribution in [1.29, 1.82) is 0 Å². The number of nitrogens with zero attached hydrogens (tertiary/aromatic N) is 1. The predicted octanol–water partition coefficient (Wildman–Crippen LogP) is 1.32. The fourth-order valence-electron chi connectivity index (χ4n) is 1.83. The Labute approximate surface area is 86.4 Å². The largest absolute Gasteiger partial charge is 0.378 e. The maximum atomic E-state index is 10.8. The summed E-state index contributed by atoms with van der Waals surface area (Å²) in [4.78, 5) is 13.2. The summed E-state index contributed by atoms with van der Waals surface area (Å²) in [5, 5.41) is 0. The van der Waals surface area contributed by atoms with E-state index in [1.54, 1.807) is 0 Å². The van der Waals surface area contributed by atoms with E-state index in [-0.39, 0.29) is 5.41 Å². The third-order valence-corrected chi connectivity index (χ3v) is 2.75. The zero-order valence-corrected chi connectivity index (χ0v) is 9.45. The summed E-state index contributed by atoms with van der Waals surface area (Å²) in [6, 6.07) is 0.489. The molecule has 0 amide bonds. The van der Waals surface area contributed by atoms with Gasteiger partial charge in [0.25, 0.3) is 0 Å². The Bertz CT molecular complexity index is 192. The lowest BCUT2D eigenvalue weighted by Crippen LogP contribution is -2.49. The Morgan fingerprint density at radius 3 is 2.86 bits per heavy atom. The van der Waals surface area contributed by atoms with Gasteiger partial charge in [-0.15, -0.1) is 0 Å². The van der Waals surface area contributed by atoms with Gasteiger partial charge in [0.05, 0.1) is 13.2 Å². The summed E-state index contributed by atoms with van der Waals surface area (Å²) in [7, 11) is 0. The van der Waals surface area contributed by atoms with Crippen LogP contribution in [0.1, 0.15) is 27.2 Å². The van der Waals surface area contributed by atoms with Gasteiger partial charge in [0, 0.05) is 24.5 Å². The van der Waals surface area contributed by atoms with Crippen LogP contribution in [-0.4, -0.2) is 43.5 Å². The van der Waals surface area contributed by atoms with Gasteiger partial charge in [-0.3, -0.25) is 4.90 Å². The number of carbonyl (C=O) groups excluding carboxylic acids is 1. The number of hydrogen-bond acceptors (Lipinski definition) is 3. The first kappa shape index (κ1) is 11.7. The number of hydrogen-bond donors (Lipinski definition) is 0. The second-order valence-corrected chi connectivity index (χ2v) is 4.71. The molecular weight excluding hydrogens is 178 g/mol. The molecule has 1 aliphatic rings. The maximum absolute atomic E-state index is 10.8. The van der Waals surface area contributed by atoms with E-state index >= 15 is 0 Å². The van der Waals surface area contributed by atoms with Crippen LogP contribution in [0.4, 0.5) is 0 Å². The van der Waals surface area contributed by atoms with Crippen molar-refractivity contribution < 1.29 is 9.53 Å². The van der Waals surface area contributed by atoms with E-state index < -0.39 is 0 Å². The molecule has 3 nitrogen and oxygen atoms in total. The highest BCUT2D eigenvalue weighted by Gasteiger charge is 2.27. The van der Waals surface area contributed by atoms with Crippen molar-refractivity contribution in [2.24, 2.45) is 5.41 Å². The molecule has 0 spiro atoms. The zero-order valence-electron chi connectivity index (χ0n) is 9.45. The Balaban J connectivity index is 2.52. The first-order valence-electron chi connectivity index (χ1n) is 5.37. The third-order valence-electron chi connectivity index (χ3n) is 2.75. The second kappa shape index (κ2) is 4.89. The lowest BCUT2D eigenvalue weighted by molar-refractivity contribution is -0.117. The smallest absolute Gasteiger partial charge is 0.126 e. The Kier molecular flexibility index (Phi) is 4.08. The molecule has 1 saturated heterocycles. The average Bonchev–Trinajstić information content (AvgIpc) is 2.18. The van der Waals surface area contributed by atoms with Gasteiger partial charge in [-0.25, -0.2) is 0 Å². The highest BCUT2D eigenvalue weighted by atomic mass is 16.5. The molecule has 1 atom stereocenters.